The van der Waals surface area contributed by atoms with Crippen molar-refractivity contribution in [1.29, 1.82) is 0 Å². The summed E-state index contributed by atoms with van der Waals surface area (Å²) in [4.78, 5) is 204. The number of benzene rings is 15. The van der Waals surface area contributed by atoms with Crippen molar-refractivity contribution in [2.45, 2.75) is 94.6 Å². The Morgan fingerprint density at radius 2 is 0.442 bits per heavy atom. The molecule has 0 spiro atoms. The summed E-state index contributed by atoms with van der Waals surface area (Å²) in [6.45, 7) is 10.9. The first-order valence-corrected chi connectivity index (χ1v) is 47.2. The van der Waals surface area contributed by atoms with E-state index in [9.17, 15) is 98.5 Å². The summed E-state index contributed by atoms with van der Waals surface area (Å²) >= 11 is 5.75. The van der Waals surface area contributed by atoms with Crippen LogP contribution < -0.4 is 0 Å². The number of carbonyl (C=O) groups is 10. The quantitative estimate of drug-likeness (QED) is 0.0121. The van der Waals surface area contributed by atoms with Crippen LogP contribution >= 0.6 is 47.0 Å². The maximum absolute atomic E-state index is 13.5. The number of fused-ring (bicyclic) bond motifs is 1. The number of nitro groups is 5. The lowest BCUT2D eigenvalue weighted by molar-refractivity contribution is -0.385. The van der Waals surface area contributed by atoms with Gasteiger partial charge in [-0.05, 0) is 237 Å². The summed E-state index contributed by atoms with van der Waals surface area (Å²) in [5, 5.41) is 73.9. The first-order valence-electron chi connectivity index (χ1n) is 43.9. The molecule has 0 N–H and O–H groups in total. The van der Waals surface area contributed by atoms with Gasteiger partial charge in [0.1, 0.15) is 0 Å². The van der Waals surface area contributed by atoms with Crippen LogP contribution in [0.3, 0.4) is 0 Å². The van der Waals surface area contributed by atoms with Crippen molar-refractivity contribution in [3.8, 4) is 0 Å². The van der Waals surface area contributed by atoms with E-state index in [2.05, 4.69) is 25.5 Å². The molecule has 0 amide bonds. The highest BCUT2D eigenvalue weighted by atomic mass is 32.2. The zero-order chi connectivity index (χ0) is 106. The van der Waals surface area contributed by atoms with Crippen LogP contribution in [-0.4, -0.2) is 106 Å². The number of ketones is 6. The van der Waals surface area contributed by atoms with Crippen molar-refractivity contribution in [3.63, 3.8) is 0 Å². The zero-order valence-corrected chi connectivity index (χ0v) is 82.1. The minimum Gasteiger partial charge on any atom is -0.318 e. The SMILES string of the molecule is CC(=O)O/N=C(/C(=O)c1ccc(Sc2ccc(C(=O)c3ccc4ccccc4c3)cc2)cc1)c1c(C)cccc1[N+](=O)[O-].CC(=O)O/N=C(/C(=O)c1ccc(Sc2ccc(C(=O)c3ccccc3)cc2)cc1)c1c(C)cccc1[N+](=O)[O-].CC(=O)O/N=C(/C(=O)c1ccc(Sc2ccc([N+](=O)[O-])cc2)cc1)c1c(C)cccc1[N+](=O)[O-].CC(=O)O/N=C(/C(=O)c1ccc(Sc2ccccc2)cc1)c1c(C)cccc1[N+](=O)[O-]. The van der Waals surface area contributed by atoms with Crippen molar-refractivity contribution in [1.82, 2.24) is 0 Å². The Morgan fingerprint density at radius 1 is 0.224 bits per heavy atom. The number of hydrogen-bond acceptors (Lipinski definition) is 32. The topological polar surface area (TPSA) is 473 Å². The zero-order valence-electron chi connectivity index (χ0n) is 78.9. The van der Waals surface area contributed by atoms with Crippen LogP contribution in [0.1, 0.15) is 145 Å². The maximum atomic E-state index is 13.5. The lowest BCUT2D eigenvalue weighted by Gasteiger charge is -2.10. The Bertz CT molecular complexity index is 7770. The third-order valence-corrected chi connectivity index (χ3v) is 25.2. The molecule has 0 atom stereocenters. The molecule has 0 bridgehead atoms. The minimum atomic E-state index is -0.781. The molecular formula is C110H81N9O24S4. The van der Waals surface area contributed by atoms with Crippen molar-refractivity contribution in [3.05, 3.63) is 485 Å². The van der Waals surface area contributed by atoms with Crippen LogP contribution in [-0.2, 0) is 38.5 Å². The number of carbonyl (C=O) groups excluding carboxylic acids is 10. The molecule has 0 saturated carbocycles. The van der Waals surface area contributed by atoms with Crippen molar-refractivity contribution < 1.29 is 91.9 Å². The number of nitrogens with zero attached hydrogens (tertiary/aromatic N) is 9. The average Bonchev–Trinajstić information content (AvgIpc) is 0.800. The van der Waals surface area contributed by atoms with E-state index in [1.54, 1.807) is 185 Å². The molecule has 147 heavy (non-hydrogen) atoms. The standard InChI is InChI=1S/C34H24N2O6S.C30H22N2O6S.C23H17N3O7S.C23H18N2O5S/c1-21-6-5-9-30(36(40)41)31(21)32(35-42-22(2)37)34(39)25-14-18-29(19-15-25)43-28-16-12-24(13-17-28)33(38)27-11-10-23-7-3-4-8-26(23)20-27;1-19-7-6-10-26(32(36)37)27(19)28(31-38-20(2)33)30(35)23-13-17-25(18-14-23)39-24-15-11-22(12-16-24)29(34)21-8-4-3-5-9-21;1-14-4-3-5-20(26(31)32)21(14)22(24-33-15(2)27)23(28)16-6-10-18(11-7-16)34-19-12-8-17(9-13-19)25(29)30;1-15-7-6-10-20(25(28)29)21(15)22(24-30-16(2)26)23(27)17-11-13-19(14-12-17)31-18-8-4-3-5-9-18/h3-20H,1-2H3;3-18H,1-2H3;3-13H,1-2H3;3-14H,1-2H3/b35-32+;31-28+;2*24-22+. The predicted molar refractivity (Wildman–Crippen MR) is 554 cm³/mol. The van der Waals surface area contributed by atoms with E-state index in [1.165, 1.54) is 120 Å². The van der Waals surface area contributed by atoms with Gasteiger partial charge in [-0.1, -0.05) is 201 Å². The number of rotatable bonds is 33. The molecule has 734 valence electrons. The smallest absolute Gasteiger partial charge is 0.318 e. The minimum absolute atomic E-state index is 0.0153. The number of nitro benzene ring substituents is 5. The van der Waals surface area contributed by atoms with Crippen LogP contribution in [0, 0.1) is 78.3 Å². The molecule has 37 heteroatoms. The second kappa shape index (κ2) is 50.8. The van der Waals surface area contributed by atoms with Gasteiger partial charge in [-0.3, -0.25) is 79.3 Å². The van der Waals surface area contributed by atoms with Crippen LogP contribution in [0.5, 0.6) is 0 Å². The normalized spacial score (nSPS) is 11.1. The molecule has 33 nitrogen and oxygen atoms in total. The van der Waals surface area contributed by atoms with Crippen molar-refractivity contribution in [2.75, 3.05) is 0 Å². The lowest BCUT2D eigenvalue weighted by atomic mass is 9.96. The van der Waals surface area contributed by atoms with E-state index in [0.717, 1.165) is 77.6 Å². The Balaban J connectivity index is 0.000000175. The molecule has 0 saturated heterocycles. The molecule has 15 aromatic rings. The van der Waals surface area contributed by atoms with E-state index in [1.807, 2.05) is 115 Å². The third kappa shape index (κ3) is 28.9. The van der Waals surface area contributed by atoms with Gasteiger partial charge >= 0.3 is 23.9 Å². The molecule has 0 radical (unpaired) electrons. The van der Waals surface area contributed by atoms with Gasteiger partial charge < -0.3 is 19.4 Å². The molecule has 15 rings (SSSR count). The van der Waals surface area contributed by atoms with Crippen molar-refractivity contribution >= 4 is 168 Å². The molecule has 15 aromatic carbocycles. The molecule has 0 heterocycles. The fourth-order valence-electron chi connectivity index (χ4n) is 14.2. The number of non-ortho nitro benzene ring substituents is 1. The highest BCUT2D eigenvalue weighted by Gasteiger charge is 2.34. The summed E-state index contributed by atoms with van der Waals surface area (Å²) in [5.74, 6) is -5.69. The van der Waals surface area contributed by atoms with E-state index in [-0.39, 0.29) is 107 Å². The van der Waals surface area contributed by atoms with E-state index in [4.69, 9.17) is 14.5 Å². The summed E-state index contributed by atoms with van der Waals surface area (Å²) in [7, 11) is 0. The number of oxime groups is 4. The van der Waals surface area contributed by atoms with Gasteiger partial charge in [-0.25, -0.2) is 19.2 Å². The molecule has 0 fully saturated rings. The van der Waals surface area contributed by atoms with E-state index < -0.39 is 71.6 Å². The molecule has 0 unspecified atom stereocenters. The Kier molecular flexibility index (Phi) is 37.1. The second-order valence-electron chi connectivity index (χ2n) is 31.5. The summed E-state index contributed by atoms with van der Waals surface area (Å²) in [6.07, 6.45) is 0. The number of Topliss-reactive ketones (excluding diaryl/α,β-unsaturated/α-hetero) is 4. The first-order chi connectivity index (χ1) is 70.5. The fourth-order valence-corrected chi connectivity index (χ4v) is 17.5. The Labute approximate surface area is 854 Å². The Morgan fingerprint density at radius 3 is 0.701 bits per heavy atom. The summed E-state index contributed by atoms with van der Waals surface area (Å²) < 4.78 is 0. The van der Waals surface area contributed by atoms with Crippen LogP contribution in [0.15, 0.2) is 406 Å². The average molecular weight is 2040 g/mol. The van der Waals surface area contributed by atoms with Gasteiger partial charge in [-0.15, -0.1) is 0 Å². The first kappa shape index (κ1) is 107. The van der Waals surface area contributed by atoms with Gasteiger partial charge in [0, 0.05) is 148 Å². The summed E-state index contributed by atoms with van der Waals surface area (Å²) in [6, 6.07) is 96.7. The fraction of sp³-hybridized carbons (Fsp3) is 0.0727. The second-order valence-corrected chi connectivity index (χ2v) is 36.1. The van der Waals surface area contributed by atoms with E-state index in [0.29, 0.717) is 44.5 Å². The van der Waals surface area contributed by atoms with Gasteiger partial charge in [0.25, 0.3) is 28.4 Å². The van der Waals surface area contributed by atoms with Gasteiger partial charge in [-0.2, -0.15) is 0 Å². The van der Waals surface area contributed by atoms with Gasteiger partial charge in [0.05, 0.1) is 46.9 Å². The molecule has 0 aliphatic heterocycles. The molecule has 0 aromatic heterocycles. The molecule has 0 aliphatic rings. The van der Waals surface area contributed by atoms with Crippen molar-refractivity contribution in [2.24, 2.45) is 20.6 Å². The maximum Gasteiger partial charge on any atom is 0.332 e. The Hall–Kier alpha value is -18.5. The predicted octanol–water partition coefficient (Wildman–Crippen LogP) is 24.3. The highest BCUT2D eigenvalue weighted by molar-refractivity contribution is 8.00. The summed E-state index contributed by atoms with van der Waals surface area (Å²) in [5.41, 5.74) is 2.29. The van der Waals surface area contributed by atoms with Crippen LogP contribution in [0.4, 0.5) is 28.4 Å². The lowest BCUT2D eigenvalue weighted by Crippen LogP contribution is -2.20. The van der Waals surface area contributed by atoms with Gasteiger partial charge in [0.15, 0.2) is 34.4 Å². The number of aryl methyl sites for hydroxylation is 4. The highest BCUT2D eigenvalue weighted by Crippen LogP contribution is 2.37. The molecule has 0 aliphatic carbocycles. The number of hydrogen-bond donors (Lipinski definition) is 0. The molecular weight excluding hydrogens is 1960 g/mol. The van der Waals surface area contributed by atoms with Crippen LogP contribution in [0.25, 0.3) is 10.8 Å². The van der Waals surface area contributed by atoms with Gasteiger partial charge in [0.2, 0.25) is 23.1 Å². The van der Waals surface area contributed by atoms with E-state index >= 15 is 0 Å². The third-order valence-electron chi connectivity index (χ3n) is 21.1. The van der Waals surface area contributed by atoms with Crippen LogP contribution in [0.2, 0.25) is 0 Å². The monoisotopic (exact) mass is 2040 g/mol. The largest absolute Gasteiger partial charge is 0.332 e.